The normalized spacial score (nSPS) is 20.3. The first-order chi connectivity index (χ1) is 11.0. The zero-order valence-electron chi connectivity index (χ0n) is 12.9. The van der Waals surface area contributed by atoms with Crippen LogP contribution in [0.4, 0.5) is 4.39 Å². The summed E-state index contributed by atoms with van der Waals surface area (Å²) in [6.45, 7) is 3.30. The Labute approximate surface area is 133 Å². The highest BCUT2D eigenvalue weighted by Gasteiger charge is 2.30. The van der Waals surface area contributed by atoms with Crippen molar-refractivity contribution in [2.24, 2.45) is 5.73 Å². The molecule has 1 amide bonds. The number of hydrogen-bond donors (Lipinski definition) is 1. The number of halogens is 1. The SMILES string of the molecule is C[C@@H](C(N)=O)N1CCC[C@@H](c2nc(-c3ccc(F)cc3)no2)C1. The van der Waals surface area contributed by atoms with Crippen LogP contribution in [0.2, 0.25) is 0 Å². The lowest BCUT2D eigenvalue weighted by Gasteiger charge is -2.33. The highest BCUT2D eigenvalue weighted by Crippen LogP contribution is 2.28. The molecule has 1 aliphatic heterocycles. The van der Waals surface area contributed by atoms with Crippen LogP contribution in [-0.2, 0) is 4.79 Å². The van der Waals surface area contributed by atoms with Crippen LogP contribution in [0, 0.1) is 5.82 Å². The maximum Gasteiger partial charge on any atom is 0.234 e. The molecule has 2 N–H and O–H groups in total. The summed E-state index contributed by atoms with van der Waals surface area (Å²) in [5.41, 5.74) is 6.09. The fourth-order valence-electron chi connectivity index (χ4n) is 2.86. The second-order valence-electron chi connectivity index (χ2n) is 5.88. The van der Waals surface area contributed by atoms with Crippen molar-refractivity contribution in [2.45, 2.75) is 31.7 Å². The first kappa shape index (κ1) is 15.6. The molecule has 6 nitrogen and oxygen atoms in total. The van der Waals surface area contributed by atoms with Crippen molar-refractivity contribution >= 4 is 5.91 Å². The van der Waals surface area contributed by atoms with Gasteiger partial charge in [0.25, 0.3) is 0 Å². The minimum absolute atomic E-state index is 0.0762. The molecule has 0 aliphatic carbocycles. The Bertz CT molecular complexity index is 686. The summed E-state index contributed by atoms with van der Waals surface area (Å²) in [6.07, 6.45) is 1.86. The number of carbonyl (C=O) groups excluding carboxylic acids is 1. The number of piperidine rings is 1. The lowest BCUT2D eigenvalue weighted by Crippen LogP contribution is -2.47. The van der Waals surface area contributed by atoms with Gasteiger partial charge in [0.15, 0.2) is 0 Å². The van der Waals surface area contributed by atoms with E-state index in [9.17, 15) is 9.18 Å². The number of benzene rings is 1. The van der Waals surface area contributed by atoms with E-state index in [1.54, 1.807) is 12.1 Å². The molecule has 3 rings (SSSR count). The molecule has 122 valence electrons. The van der Waals surface area contributed by atoms with Crippen molar-refractivity contribution < 1.29 is 13.7 Å². The van der Waals surface area contributed by atoms with Gasteiger partial charge in [-0.05, 0) is 50.6 Å². The van der Waals surface area contributed by atoms with Gasteiger partial charge in [-0.3, -0.25) is 9.69 Å². The molecule has 1 aliphatic rings. The first-order valence-electron chi connectivity index (χ1n) is 7.67. The summed E-state index contributed by atoms with van der Waals surface area (Å²) >= 11 is 0. The lowest BCUT2D eigenvalue weighted by atomic mass is 9.96. The van der Waals surface area contributed by atoms with Gasteiger partial charge in [0.2, 0.25) is 17.6 Å². The third-order valence-electron chi connectivity index (χ3n) is 4.31. The molecule has 23 heavy (non-hydrogen) atoms. The molecule has 0 bridgehead atoms. The van der Waals surface area contributed by atoms with E-state index in [2.05, 4.69) is 10.1 Å². The predicted octanol–water partition coefficient (Wildman–Crippen LogP) is 1.93. The number of aromatic nitrogens is 2. The van der Waals surface area contributed by atoms with E-state index in [4.69, 9.17) is 10.3 Å². The molecule has 0 saturated carbocycles. The molecule has 2 atom stereocenters. The van der Waals surface area contributed by atoms with Gasteiger partial charge >= 0.3 is 0 Å². The van der Waals surface area contributed by atoms with E-state index >= 15 is 0 Å². The minimum Gasteiger partial charge on any atom is -0.368 e. The molecule has 2 heterocycles. The predicted molar refractivity (Wildman–Crippen MR) is 81.9 cm³/mol. The number of carbonyl (C=O) groups is 1. The summed E-state index contributed by atoms with van der Waals surface area (Å²) in [4.78, 5) is 17.8. The molecule has 1 saturated heterocycles. The average molecular weight is 318 g/mol. The minimum atomic E-state index is -0.330. The van der Waals surface area contributed by atoms with Gasteiger partial charge in [-0.15, -0.1) is 0 Å². The van der Waals surface area contributed by atoms with E-state index in [1.807, 2.05) is 11.8 Å². The zero-order chi connectivity index (χ0) is 16.4. The largest absolute Gasteiger partial charge is 0.368 e. The van der Waals surface area contributed by atoms with Gasteiger partial charge in [0.05, 0.1) is 12.0 Å². The number of likely N-dealkylation sites (tertiary alicyclic amines) is 1. The van der Waals surface area contributed by atoms with E-state index in [0.717, 1.165) is 19.4 Å². The van der Waals surface area contributed by atoms with Crippen molar-refractivity contribution in [2.75, 3.05) is 13.1 Å². The van der Waals surface area contributed by atoms with Gasteiger partial charge in [0, 0.05) is 12.1 Å². The fraction of sp³-hybridized carbons (Fsp3) is 0.438. The van der Waals surface area contributed by atoms with Crippen LogP contribution in [0.1, 0.15) is 31.6 Å². The molecule has 0 unspecified atom stereocenters. The van der Waals surface area contributed by atoms with Crippen molar-refractivity contribution in [3.8, 4) is 11.4 Å². The molecule has 7 heteroatoms. The summed E-state index contributed by atoms with van der Waals surface area (Å²) < 4.78 is 18.4. The van der Waals surface area contributed by atoms with Crippen LogP contribution in [0.3, 0.4) is 0 Å². The Hall–Kier alpha value is -2.28. The number of hydrogen-bond acceptors (Lipinski definition) is 5. The Morgan fingerprint density at radius 3 is 2.87 bits per heavy atom. The molecule has 0 radical (unpaired) electrons. The summed E-state index contributed by atoms with van der Waals surface area (Å²) in [6, 6.07) is 5.65. The quantitative estimate of drug-likeness (QED) is 0.931. The molecular formula is C16H19FN4O2. The smallest absolute Gasteiger partial charge is 0.234 e. The number of rotatable bonds is 4. The van der Waals surface area contributed by atoms with Crippen LogP contribution in [0.15, 0.2) is 28.8 Å². The van der Waals surface area contributed by atoms with Crippen molar-refractivity contribution in [1.82, 2.24) is 15.0 Å². The number of amides is 1. The highest BCUT2D eigenvalue weighted by atomic mass is 19.1. The fourth-order valence-corrected chi connectivity index (χ4v) is 2.86. The van der Waals surface area contributed by atoms with Gasteiger partial charge in [-0.1, -0.05) is 5.16 Å². The van der Waals surface area contributed by atoms with Crippen molar-refractivity contribution in [3.05, 3.63) is 36.0 Å². The third-order valence-corrected chi connectivity index (χ3v) is 4.31. The Balaban J connectivity index is 1.74. The van der Waals surface area contributed by atoms with E-state index in [0.29, 0.717) is 23.8 Å². The van der Waals surface area contributed by atoms with Crippen LogP contribution >= 0.6 is 0 Å². The Morgan fingerprint density at radius 2 is 2.17 bits per heavy atom. The highest BCUT2D eigenvalue weighted by molar-refractivity contribution is 5.79. The Kier molecular flexibility index (Phi) is 4.38. The standard InChI is InChI=1S/C16H19FN4O2/c1-10(14(18)22)21-8-2-3-12(9-21)16-19-15(20-23-16)11-4-6-13(17)7-5-11/h4-7,10,12H,2-3,8-9H2,1H3,(H2,18,22)/t10-,12+/m0/s1. The molecule has 1 fully saturated rings. The maximum atomic E-state index is 13.0. The average Bonchev–Trinajstić information content (AvgIpc) is 3.05. The monoisotopic (exact) mass is 318 g/mol. The number of primary amides is 1. The van der Waals surface area contributed by atoms with Crippen molar-refractivity contribution in [1.29, 1.82) is 0 Å². The van der Waals surface area contributed by atoms with Gasteiger partial charge in [-0.25, -0.2) is 4.39 Å². The molecule has 1 aromatic heterocycles. The second kappa shape index (κ2) is 6.45. The third kappa shape index (κ3) is 3.39. The lowest BCUT2D eigenvalue weighted by molar-refractivity contribution is -0.123. The molecule has 0 spiro atoms. The molecule has 1 aromatic carbocycles. The van der Waals surface area contributed by atoms with Gasteiger partial charge in [0.1, 0.15) is 5.82 Å². The number of nitrogens with two attached hydrogens (primary N) is 1. The van der Waals surface area contributed by atoms with E-state index in [1.165, 1.54) is 12.1 Å². The van der Waals surface area contributed by atoms with Crippen molar-refractivity contribution in [3.63, 3.8) is 0 Å². The van der Waals surface area contributed by atoms with E-state index < -0.39 is 0 Å². The second-order valence-corrected chi connectivity index (χ2v) is 5.88. The zero-order valence-corrected chi connectivity index (χ0v) is 12.9. The Morgan fingerprint density at radius 1 is 1.43 bits per heavy atom. The summed E-state index contributed by atoms with van der Waals surface area (Å²) in [5.74, 6) is 0.432. The van der Waals surface area contributed by atoms with Crippen LogP contribution in [-0.4, -0.2) is 40.1 Å². The van der Waals surface area contributed by atoms with Gasteiger partial charge in [-0.2, -0.15) is 4.98 Å². The maximum absolute atomic E-state index is 13.0. The first-order valence-corrected chi connectivity index (χ1v) is 7.67. The van der Waals surface area contributed by atoms with Crippen LogP contribution < -0.4 is 5.73 Å². The number of nitrogens with zero attached hydrogens (tertiary/aromatic N) is 3. The summed E-state index contributed by atoms with van der Waals surface area (Å²) in [7, 11) is 0. The molecule has 2 aromatic rings. The summed E-state index contributed by atoms with van der Waals surface area (Å²) in [5, 5.41) is 3.98. The van der Waals surface area contributed by atoms with Crippen LogP contribution in [0.5, 0.6) is 0 Å². The molecular weight excluding hydrogens is 299 g/mol. The van der Waals surface area contributed by atoms with E-state index in [-0.39, 0.29) is 23.7 Å². The van der Waals surface area contributed by atoms with Crippen LogP contribution in [0.25, 0.3) is 11.4 Å². The topological polar surface area (TPSA) is 85.3 Å². The van der Waals surface area contributed by atoms with Gasteiger partial charge < -0.3 is 10.3 Å².